The molecule has 0 bridgehead atoms. The van der Waals surface area contributed by atoms with Crippen molar-refractivity contribution in [2.45, 2.75) is 18.4 Å². The van der Waals surface area contributed by atoms with Crippen molar-refractivity contribution in [2.24, 2.45) is 0 Å². The molecule has 0 radical (unpaired) electrons. The third kappa shape index (κ3) is 2.63. The number of hydrogen-bond acceptors (Lipinski definition) is 5. The number of aromatic nitrogens is 3. The molecule has 9 heteroatoms. The number of benzene rings is 1. The van der Waals surface area contributed by atoms with E-state index in [9.17, 15) is 12.8 Å². The van der Waals surface area contributed by atoms with Gasteiger partial charge < -0.3 is 5.73 Å². The van der Waals surface area contributed by atoms with E-state index in [0.717, 1.165) is 16.4 Å². The lowest BCUT2D eigenvalue weighted by Crippen LogP contribution is -2.28. The van der Waals surface area contributed by atoms with Gasteiger partial charge in [0.05, 0.1) is 6.54 Å². The van der Waals surface area contributed by atoms with Gasteiger partial charge in [-0.1, -0.05) is 0 Å². The first kappa shape index (κ1) is 14.4. The standard InChI is InChI=1S/C11H14FN5O2S/c1-7-3-8(12)10(4-9(7)13)20(18,19)17(2)5-11-14-6-15-16-11/h3-4,6H,5,13H2,1-2H3,(H,14,15,16). The maximum Gasteiger partial charge on any atom is 0.246 e. The van der Waals surface area contributed by atoms with Crippen LogP contribution in [-0.2, 0) is 16.6 Å². The normalized spacial score (nSPS) is 12.0. The van der Waals surface area contributed by atoms with Gasteiger partial charge in [0.1, 0.15) is 22.9 Å². The van der Waals surface area contributed by atoms with Crippen LogP contribution in [-0.4, -0.2) is 35.0 Å². The number of hydrogen-bond donors (Lipinski definition) is 2. The molecule has 0 aliphatic rings. The Morgan fingerprint density at radius 2 is 2.15 bits per heavy atom. The molecule has 3 N–H and O–H groups in total. The molecule has 0 saturated heterocycles. The highest BCUT2D eigenvalue weighted by molar-refractivity contribution is 7.89. The predicted molar refractivity (Wildman–Crippen MR) is 70.6 cm³/mol. The average molecular weight is 299 g/mol. The van der Waals surface area contributed by atoms with Crippen LogP contribution in [0.2, 0.25) is 0 Å². The first-order valence-electron chi connectivity index (χ1n) is 5.68. The molecule has 0 atom stereocenters. The molecule has 0 aliphatic heterocycles. The molecule has 7 nitrogen and oxygen atoms in total. The van der Waals surface area contributed by atoms with Gasteiger partial charge in [0.2, 0.25) is 10.0 Å². The van der Waals surface area contributed by atoms with Crippen molar-refractivity contribution in [3.05, 3.63) is 35.7 Å². The molecular weight excluding hydrogens is 285 g/mol. The summed E-state index contributed by atoms with van der Waals surface area (Å²) >= 11 is 0. The topological polar surface area (TPSA) is 105 Å². The molecule has 0 unspecified atom stereocenters. The van der Waals surface area contributed by atoms with Crippen LogP contribution in [0, 0.1) is 12.7 Å². The molecule has 1 heterocycles. The molecule has 2 aromatic rings. The fraction of sp³-hybridized carbons (Fsp3) is 0.273. The first-order chi connectivity index (χ1) is 9.32. The van der Waals surface area contributed by atoms with Crippen molar-refractivity contribution < 1.29 is 12.8 Å². The molecule has 0 saturated carbocycles. The van der Waals surface area contributed by atoms with Crippen molar-refractivity contribution >= 4 is 15.7 Å². The lowest BCUT2D eigenvalue weighted by molar-refractivity contribution is 0.451. The molecule has 20 heavy (non-hydrogen) atoms. The SMILES string of the molecule is Cc1cc(F)c(S(=O)(=O)N(C)Cc2ncn[nH]2)cc1N. The highest BCUT2D eigenvalue weighted by Crippen LogP contribution is 2.24. The molecule has 0 spiro atoms. The lowest BCUT2D eigenvalue weighted by Gasteiger charge is -2.17. The Kier molecular flexibility index (Phi) is 3.73. The lowest BCUT2D eigenvalue weighted by atomic mass is 10.2. The Balaban J connectivity index is 2.37. The number of nitrogen functional groups attached to an aromatic ring is 1. The van der Waals surface area contributed by atoms with Gasteiger partial charge in [-0.3, -0.25) is 5.10 Å². The third-order valence-corrected chi connectivity index (χ3v) is 4.66. The zero-order valence-electron chi connectivity index (χ0n) is 11.0. The van der Waals surface area contributed by atoms with E-state index >= 15 is 0 Å². The molecular formula is C11H14FN5O2S. The van der Waals surface area contributed by atoms with E-state index in [2.05, 4.69) is 15.2 Å². The summed E-state index contributed by atoms with van der Waals surface area (Å²) in [6.07, 6.45) is 1.26. The summed E-state index contributed by atoms with van der Waals surface area (Å²) < 4.78 is 39.5. The van der Waals surface area contributed by atoms with E-state index in [4.69, 9.17) is 5.73 Å². The van der Waals surface area contributed by atoms with Gasteiger partial charge >= 0.3 is 0 Å². The van der Waals surface area contributed by atoms with Gasteiger partial charge in [-0.25, -0.2) is 17.8 Å². The molecule has 108 valence electrons. The minimum atomic E-state index is -3.99. The highest BCUT2D eigenvalue weighted by atomic mass is 32.2. The van der Waals surface area contributed by atoms with Crippen molar-refractivity contribution in [1.82, 2.24) is 19.5 Å². The number of halogens is 1. The fourth-order valence-electron chi connectivity index (χ4n) is 1.64. The Labute approximate surface area is 115 Å². The van der Waals surface area contributed by atoms with E-state index in [1.54, 1.807) is 6.92 Å². The summed E-state index contributed by atoms with van der Waals surface area (Å²) in [6.45, 7) is 1.56. The first-order valence-corrected chi connectivity index (χ1v) is 7.12. The zero-order chi connectivity index (χ0) is 14.9. The van der Waals surface area contributed by atoms with Crippen LogP contribution in [0.1, 0.15) is 11.4 Å². The molecule has 2 rings (SSSR count). The van der Waals surface area contributed by atoms with E-state index in [-0.39, 0.29) is 12.2 Å². The predicted octanol–water partition coefficient (Wildman–Crippen LogP) is 0.655. The number of sulfonamides is 1. The molecule has 1 aromatic heterocycles. The summed E-state index contributed by atoms with van der Waals surface area (Å²) in [6, 6.07) is 2.22. The van der Waals surface area contributed by atoms with Gasteiger partial charge in [0, 0.05) is 12.7 Å². The number of nitrogens with zero attached hydrogens (tertiary/aromatic N) is 3. The summed E-state index contributed by atoms with van der Waals surface area (Å²) in [7, 11) is -2.67. The fourth-order valence-corrected chi connectivity index (χ4v) is 2.85. The van der Waals surface area contributed by atoms with Gasteiger partial charge in [0.25, 0.3) is 0 Å². The molecule has 0 amide bonds. The largest absolute Gasteiger partial charge is 0.398 e. The van der Waals surface area contributed by atoms with Crippen molar-refractivity contribution in [2.75, 3.05) is 12.8 Å². The summed E-state index contributed by atoms with van der Waals surface area (Å²) in [5.41, 5.74) is 6.35. The monoisotopic (exact) mass is 299 g/mol. The van der Waals surface area contributed by atoms with E-state index in [1.807, 2.05) is 0 Å². The van der Waals surface area contributed by atoms with Crippen molar-refractivity contribution in [3.63, 3.8) is 0 Å². The Bertz CT molecular complexity index is 715. The summed E-state index contributed by atoms with van der Waals surface area (Å²) in [5.74, 6) is -0.474. The van der Waals surface area contributed by atoms with Gasteiger partial charge in [0.15, 0.2) is 0 Å². The number of nitrogens with one attached hydrogen (secondary N) is 1. The Hall–Kier alpha value is -2.00. The Morgan fingerprint density at radius 1 is 1.45 bits per heavy atom. The molecule has 0 fully saturated rings. The number of H-pyrrole nitrogens is 1. The quantitative estimate of drug-likeness (QED) is 0.807. The number of aryl methyl sites for hydroxylation is 1. The minimum absolute atomic E-state index is 0.0461. The number of anilines is 1. The molecule has 0 aliphatic carbocycles. The Morgan fingerprint density at radius 3 is 2.75 bits per heavy atom. The van der Waals surface area contributed by atoms with Crippen molar-refractivity contribution in [1.29, 1.82) is 0 Å². The average Bonchev–Trinajstić information content (AvgIpc) is 2.86. The van der Waals surface area contributed by atoms with Crippen LogP contribution in [0.15, 0.2) is 23.4 Å². The van der Waals surface area contributed by atoms with Crippen LogP contribution in [0.25, 0.3) is 0 Å². The van der Waals surface area contributed by atoms with Gasteiger partial charge in [-0.2, -0.15) is 9.40 Å². The van der Waals surface area contributed by atoms with Crippen LogP contribution < -0.4 is 5.73 Å². The van der Waals surface area contributed by atoms with E-state index in [0.29, 0.717) is 11.4 Å². The second-order valence-electron chi connectivity index (χ2n) is 4.33. The zero-order valence-corrected chi connectivity index (χ0v) is 11.8. The number of rotatable bonds is 4. The maximum absolute atomic E-state index is 13.9. The van der Waals surface area contributed by atoms with Crippen molar-refractivity contribution in [3.8, 4) is 0 Å². The second kappa shape index (κ2) is 5.17. The van der Waals surface area contributed by atoms with E-state index in [1.165, 1.54) is 13.4 Å². The smallest absolute Gasteiger partial charge is 0.246 e. The summed E-state index contributed by atoms with van der Waals surface area (Å²) in [5, 5.41) is 6.16. The molecule has 1 aromatic carbocycles. The van der Waals surface area contributed by atoms with Crippen LogP contribution in [0.4, 0.5) is 10.1 Å². The van der Waals surface area contributed by atoms with Crippen LogP contribution in [0.5, 0.6) is 0 Å². The van der Waals surface area contributed by atoms with Crippen LogP contribution in [0.3, 0.4) is 0 Å². The highest BCUT2D eigenvalue weighted by Gasteiger charge is 2.26. The summed E-state index contributed by atoms with van der Waals surface area (Å²) in [4.78, 5) is 3.37. The number of nitrogens with two attached hydrogens (primary N) is 1. The van der Waals surface area contributed by atoms with Gasteiger partial charge in [-0.15, -0.1) is 0 Å². The maximum atomic E-state index is 13.9. The number of aromatic amines is 1. The van der Waals surface area contributed by atoms with E-state index < -0.39 is 20.7 Å². The van der Waals surface area contributed by atoms with Crippen LogP contribution >= 0.6 is 0 Å². The van der Waals surface area contributed by atoms with Gasteiger partial charge in [-0.05, 0) is 24.6 Å². The third-order valence-electron chi connectivity index (χ3n) is 2.85. The second-order valence-corrected chi connectivity index (χ2v) is 6.35. The minimum Gasteiger partial charge on any atom is -0.398 e.